The second kappa shape index (κ2) is 8.34. The van der Waals surface area contributed by atoms with Gasteiger partial charge in [0, 0.05) is 6.54 Å². The van der Waals surface area contributed by atoms with Crippen molar-refractivity contribution in [2.45, 2.75) is 38.0 Å². The molecule has 2 saturated heterocycles. The van der Waals surface area contributed by atoms with Crippen molar-refractivity contribution >= 4 is 0 Å². The van der Waals surface area contributed by atoms with Gasteiger partial charge >= 0.3 is 0 Å². The third kappa shape index (κ3) is 5.33. The zero-order valence-electron chi connectivity index (χ0n) is 12.3. The molecule has 2 aliphatic rings. The number of hydrogen-bond acceptors (Lipinski definition) is 2. The summed E-state index contributed by atoms with van der Waals surface area (Å²) in [6.45, 7) is 4.99. The molecule has 106 valence electrons. The van der Waals surface area contributed by atoms with E-state index < -0.39 is 0 Å². The summed E-state index contributed by atoms with van der Waals surface area (Å²) >= 11 is 0. The minimum atomic E-state index is 0.750. The van der Waals surface area contributed by atoms with E-state index in [0.29, 0.717) is 0 Å². The zero-order chi connectivity index (χ0) is 13.3. The van der Waals surface area contributed by atoms with Crippen LogP contribution in [0, 0.1) is 0 Å². The summed E-state index contributed by atoms with van der Waals surface area (Å²) in [6.07, 6.45) is 6.94. The Morgan fingerprint density at radius 2 is 1.74 bits per heavy atom. The molecule has 0 aromatic heterocycles. The van der Waals surface area contributed by atoms with E-state index in [9.17, 15) is 0 Å². The second-order valence-electron chi connectivity index (χ2n) is 5.82. The minimum absolute atomic E-state index is 0.750. The van der Waals surface area contributed by atoms with E-state index in [1.165, 1.54) is 57.3 Å². The van der Waals surface area contributed by atoms with Crippen molar-refractivity contribution in [1.29, 1.82) is 0 Å². The van der Waals surface area contributed by atoms with Gasteiger partial charge in [0.15, 0.2) is 0 Å². The number of benzene rings is 1. The van der Waals surface area contributed by atoms with E-state index in [1.807, 2.05) is 0 Å². The van der Waals surface area contributed by atoms with Gasteiger partial charge in [-0.1, -0.05) is 36.8 Å². The Labute approximate surface area is 118 Å². The maximum atomic E-state index is 3.43. The molecule has 2 heteroatoms. The smallest absolute Gasteiger partial charge is 0.00201 e. The molecule has 3 rings (SSSR count). The molecule has 0 aliphatic carbocycles. The van der Waals surface area contributed by atoms with Crippen LogP contribution in [0.1, 0.15) is 43.6 Å². The monoisotopic (exact) mass is 260 g/mol. The van der Waals surface area contributed by atoms with Crippen molar-refractivity contribution in [3.05, 3.63) is 35.9 Å². The highest BCUT2D eigenvalue weighted by molar-refractivity contribution is 5.20. The van der Waals surface area contributed by atoms with Crippen LogP contribution in [0.3, 0.4) is 0 Å². The van der Waals surface area contributed by atoms with Gasteiger partial charge in [-0.25, -0.2) is 0 Å². The molecule has 1 atom stereocenters. The Hall–Kier alpha value is -0.860. The van der Waals surface area contributed by atoms with E-state index in [0.717, 1.165) is 12.5 Å². The fourth-order valence-corrected chi connectivity index (χ4v) is 2.91. The third-order valence-electron chi connectivity index (χ3n) is 4.15. The molecule has 1 N–H and O–H groups in total. The van der Waals surface area contributed by atoms with E-state index in [4.69, 9.17) is 0 Å². The van der Waals surface area contributed by atoms with Gasteiger partial charge in [0.25, 0.3) is 0 Å². The van der Waals surface area contributed by atoms with E-state index in [-0.39, 0.29) is 0 Å². The molecule has 1 aromatic carbocycles. The molecule has 0 amide bonds. The van der Waals surface area contributed by atoms with Gasteiger partial charge in [-0.05, 0) is 63.8 Å². The van der Waals surface area contributed by atoms with E-state index in [1.54, 1.807) is 0 Å². The summed E-state index contributed by atoms with van der Waals surface area (Å²) < 4.78 is 0. The van der Waals surface area contributed by atoms with Crippen LogP contribution in [-0.4, -0.2) is 38.1 Å². The van der Waals surface area contributed by atoms with Crippen molar-refractivity contribution in [3.8, 4) is 0 Å². The van der Waals surface area contributed by atoms with Crippen LogP contribution in [0.15, 0.2) is 30.3 Å². The number of rotatable bonds is 1. The molecule has 0 spiro atoms. The van der Waals surface area contributed by atoms with Gasteiger partial charge in [-0.3, -0.25) is 0 Å². The molecule has 0 radical (unpaired) electrons. The summed E-state index contributed by atoms with van der Waals surface area (Å²) in [5, 5.41) is 3.43. The highest BCUT2D eigenvalue weighted by Gasteiger charge is 2.13. The van der Waals surface area contributed by atoms with Crippen LogP contribution in [-0.2, 0) is 0 Å². The first-order valence-corrected chi connectivity index (χ1v) is 7.80. The van der Waals surface area contributed by atoms with Crippen molar-refractivity contribution in [3.63, 3.8) is 0 Å². The Bertz CT molecular complexity index is 324. The maximum absolute atomic E-state index is 3.43. The average Bonchev–Trinajstić information content (AvgIpc) is 2.51. The number of nitrogens with one attached hydrogen (secondary N) is 1. The SMILES string of the molecule is CN1CCCCC1.c1ccc(C2CCCNC2)cc1. The molecule has 2 heterocycles. The summed E-state index contributed by atoms with van der Waals surface area (Å²) in [6, 6.07) is 10.8. The quantitative estimate of drug-likeness (QED) is 0.834. The van der Waals surface area contributed by atoms with Crippen molar-refractivity contribution in [1.82, 2.24) is 10.2 Å². The fraction of sp³-hybridized carbons (Fsp3) is 0.647. The van der Waals surface area contributed by atoms with Crippen LogP contribution >= 0.6 is 0 Å². The van der Waals surface area contributed by atoms with Gasteiger partial charge in [0.05, 0.1) is 0 Å². The summed E-state index contributed by atoms with van der Waals surface area (Å²) in [4.78, 5) is 2.39. The Kier molecular flexibility index (Phi) is 6.38. The van der Waals surface area contributed by atoms with Crippen molar-refractivity contribution in [2.75, 3.05) is 33.2 Å². The Balaban J connectivity index is 0.000000163. The molecular weight excluding hydrogens is 232 g/mol. The minimum Gasteiger partial charge on any atom is -0.316 e. The highest BCUT2D eigenvalue weighted by Crippen LogP contribution is 2.22. The van der Waals surface area contributed by atoms with Crippen LogP contribution in [0.25, 0.3) is 0 Å². The van der Waals surface area contributed by atoms with Gasteiger partial charge in [-0.15, -0.1) is 0 Å². The molecule has 2 aliphatic heterocycles. The van der Waals surface area contributed by atoms with Gasteiger partial charge in [-0.2, -0.15) is 0 Å². The van der Waals surface area contributed by atoms with Crippen molar-refractivity contribution in [2.24, 2.45) is 0 Å². The number of nitrogens with zero attached hydrogens (tertiary/aromatic N) is 1. The number of hydrogen-bond donors (Lipinski definition) is 1. The fourth-order valence-electron chi connectivity index (χ4n) is 2.91. The maximum Gasteiger partial charge on any atom is 0.00201 e. The Morgan fingerprint density at radius 3 is 2.26 bits per heavy atom. The van der Waals surface area contributed by atoms with Crippen LogP contribution in [0.5, 0.6) is 0 Å². The topological polar surface area (TPSA) is 15.3 Å². The van der Waals surface area contributed by atoms with Crippen LogP contribution < -0.4 is 5.32 Å². The number of piperidine rings is 2. The lowest BCUT2D eigenvalue weighted by Gasteiger charge is -2.22. The van der Waals surface area contributed by atoms with Gasteiger partial charge in [0.1, 0.15) is 0 Å². The summed E-state index contributed by atoms with van der Waals surface area (Å²) in [5.74, 6) is 0.750. The largest absolute Gasteiger partial charge is 0.316 e. The zero-order valence-corrected chi connectivity index (χ0v) is 12.3. The molecule has 2 nitrogen and oxygen atoms in total. The summed E-state index contributed by atoms with van der Waals surface area (Å²) in [5.41, 5.74) is 1.49. The first-order valence-electron chi connectivity index (χ1n) is 7.80. The third-order valence-corrected chi connectivity index (χ3v) is 4.15. The standard InChI is InChI=1S/C11H15N.C6H13N/c1-2-5-10(6-3-1)11-7-4-8-12-9-11;1-7-5-3-2-4-6-7/h1-3,5-6,11-12H,4,7-9H2;2-6H2,1H3. The normalized spacial score (nSPS) is 24.4. The van der Waals surface area contributed by atoms with Gasteiger partial charge < -0.3 is 10.2 Å². The average molecular weight is 260 g/mol. The van der Waals surface area contributed by atoms with Crippen LogP contribution in [0.2, 0.25) is 0 Å². The lowest BCUT2D eigenvalue weighted by molar-refractivity contribution is 0.277. The molecule has 0 saturated carbocycles. The van der Waals surface area contributed by atoms with E-state index >= 15 is 0 Å². The first-order chi connectivity index (χ1) is 9.36. The number of likely N-dealkylation sites (tertiary alicyclic amines) is 1. The van der Waals surface area contributed by atoms with Crippen molar-refractivity contribution < 1.29 is 0 Å². The highest BCUT2D eigenvalue weighted by atomic mass is 15.1. The molecule has 19 heavy (non-hydrogen) atoms. The van der Waals surface area contributed by atoms with E-state index in [2.05, 4.69) is 47.6 Å². The van der Waals surface area contributed by atoms with Crippen LogP contribution in [0.4, 0.5) is 0 Å². The van der Waals surface area contributed by atoms with Gasteiger partial charge in [0.2, 0.25) is 0 Å². The molecule has 2 fully saturated rings. The molecule has 1 unspecified atom stereocenters. The summed E-state index contributed by atoms with van der Waals surface area (Å²) in [7, 11) is 2.19. The molecule has 1 aromatic rings. The lowest BCUT2D eigenvalue weighted by Crippen LogP contribution is -2.28. The second-order valence-corrected chi connectivity index (χ2v) is 5.82. The Morgan fingerprint density at radius 1 is 1.00 bits per heavy atom. The first kappa shape index (κ1) is 14.5. The molecule has 0 bridgehead atoms. The predicted octanol–water partition coefficient (Wildman–Crippen LogP) is 3.26. The lowest BCUT2D eigenvalue weighted by atomic mass is 9.92. The predicted molar refractivity (Wildman–Crippen MR) is 82.6 cm³/mol. The molecular formula is C17H28N2.